The quantitative estimate of drug-likeness (QED) is 0.471. The highest BCUT2D eigenvalue weighted by molar-refractivity contribution is 8.00. The third-order valence-electron chi connectivity index (χ3n) is 4.52. The number of carbonyl (C=O) groups excluding carboxylic acids is 1. The highest BCUT2D eigenvalue weighted by Crippen LogP contribution is 2.35. The summed E-state index contributed by atoms with van der Waals surface area (Å²) in [6, 6.07) is 18.8. The van der Waals surface area contributed by atoms with Gasteiger partial charge in [0.15, 0.2) is 0 Å². The molecule has 2 heterocycles. The number of rotatable bonds is 6. The van der Waals surface area contributed by atoms with Gasteiger partial charge in [-0.25, -0.2) is 9.50 Å². The Labute approximate surface area is 178 Å². The van der Waals surface area contributed by atoms with Gasteiger partial charge in [-0.2, -0.15) is 4.98 Å². The molecule has 4 rings (SSSR count). The van der Waals surface area contributed by atoms with Gasteiger partial charge in [-0.15, -0.1) is 5.10 Å². The molecule has 0 fully saturated rings. The summed E-state index contributed by atoms with van der Waals surface area (Å²) in [7, 11) is 1.61. The lowest BCUT2D eigenvalue weighted by atomic mass is 10.1. The van der Waals surface area contributed by atoms with Gasteiger partial charge in [-0.1, -0.05) is 42.1 Å². The molecule has 0 aliphatic carbocycles. The lowest BCUT2D eigenvalue weighted by Gasteiger charge is -2.15. The monoisotopic (exact) mass is 419 g/mol. The number of methoxy groups -OCH3 is 1. The molecule has 1 unspecified atom stereocenters. The Hall–Kier alpha value is -3.39. The van der Waals surface area contributed by atoms with Crippen LogP contribution in [0, 0.1) is 13.8 Å². The second-order valence-corrected chi connectivity index (χ2v) is 7.84. The summed E-state index contributed by atoms with van der Waals surface area (Å²) in [4.78, 5) is 22.1. The van der Waals surface area contributed by atoms with Crippen LogP contribution in [0.2, 0.25) is 0 Å². The van der Waals surface area contributed by atoms with Crippen molar-refractivity contribution in [2.45, 2.75) is 24.3 Å². The Morgan fingerprint density at radius 2 is 1.80 bits per heavy atom. The van der Waals surface area contributed by atoms with Gasteiger partial charge < -0.3 is 10.1 Å². The number of nitrogens with one attached hydrogen (secondary N) is 1. The van der Waals surface area contributed by atoms with Crippen molar-refractivity contribution >= 4 is 29.1 Å². The molecule has 1 amide bonds. The Bertz CT molecular complexity index is 1180. The zero-order valence-corrected chi connectivity index (χ0v) is 17.7. The van der Waals surface area contributed by atoms with Crippen molar-refractivity contribution < 1.29 is 9.53 Å². The summed E-state index contributed by atoms with van der Waals surface area (Å²) in [5, 5.41) is 7.49. The van der Waals surface area contributed by atoms with Crippen molar-refractivity contribution in [2.24, 2.45) is 0 Å². The van der Waals surface area contributed by atoms with E-state index in [1.54, 1.807) is 23.8 Å². The molecule has 0 spiro atoms. The minimum absolute atomic E-state index is 0.156. The fourth-order valence-electron chi connectivity index (χ4n) is 3.09. The number of benzene rings is 2. The summed E-state index contributed by atoms with van der Waals surface area (Å²) in [5.41, 5.74) is 3.38. The van der Waals surface area contributed by atoms with Crippen LogP contribution in [0.25, 0.3) is 5.78 Å². The minimum atomic E-state index is -0.521. The Morgan fingerprint density at radius 3 is 2.50 bits per heavy atom. The van der Waals surface area contributed by atoms with Crippen LogP contribution in [0.5, 0.6) is 5.75 Å². The summed E-state index contributed by atoms with van der Waals surface area (Å²) in [6.07, 6.45) is 0. The number of aromatic nitrogens is 4. The van der Waals surface area contributed by atoms with E-state index in [4.69, 9.17) is 4.74 Å². The standard InChI is InChI=1S/C22H21N5O2S/c1-14-13-15(2)27-21(23-14)25-22(26-27)30-19(16-7-5-4-6-8-16)20(28)24-17-9-11-18(29-3)12-10-17/h4-13,19H,1-3H3,(H,24,28). The van der Waals surface area contributed by atoms with E-state index in [0.29, 0.717) is 16.6 Å². The smallest absolute Gasteiger partial charge is 0.253 e. The van der Waals surface area contributed by atoms with Crippen molar-refractivity contribution in [3.8, 4) is 5.75 Å². The molecule has 1 atom stereocenters. The van der Waals surface area contributed by atoms with Gasteiger partial charge in [0.25, 0.3) is 5.78 Å². The molecule has 0 saturated heterocycles. The molecular weight excluding hydrogens is 398 g/mol. The van der Waals surface area contributed by atoms with Crippen LogP contribution >= 0.6 is 11.8 Å². The maximum Gasteiger partial charge on any atom is 0.253 e. The highest BCUT2D eigenvalue weighted by atomic mass is 32.2. The number of anilines is 1. The number of fused-ring (bicyclic) bond motifs is 1. The molecule has 0 saturated carbocycles. The zero-order valence-electron chi connectivity index (χ0n) is 16.9. The fourth-order valence-corrected chi connectivity index (χ4v) is 4.02. The zero-order chi connectivity index (χ0) is 21.1. The van der Waals surface area contributed by atoms with E-state index in [1.165, 1.54) is 11.8 Å². The SMILES string of the molecule is COc1ccc(NC(=O)C(Sc2nc3nc(C)cc(C)n3n2)c2ccccc2)cc1. The second kappa shape index (κ2) is 8.54. The number of thioether (sulfide) groups is 1. The van der Waals surface area contributed by atoms with E-state index in [1.807, 2.05) is 62.4 Å². The molecule has 0 aliphatic rings. The summed E-state index contributed by atoms with van der Waals surface area (Å²) in [5.74, 6) is 1.10. The lowest BCUT2D eigenvalue weighted by Crippen LogP contribution is -2.19. The number of ether oxygens (including phenoxy) is 1. The number of nitrogens with zero attached hydrogens (tertiary/aromatic N) is 4. The van der Waals surface area contributed by atoms with Gasteiger partial charge in [0, 0.05) is 17.1 Å². The number of hydrogen-bond acceptors (Lipinski definition) is 6. The largest absolute Gasteiger partial charge is 0.497 e. The molecule has 30 heavy (non-hydrogen) atoms. The molecule has 0 radical (unpaired) electrons. The lowest BCUT2D eigenvalue weighted by molar-refractivity contribution is -0.115. The fraction of sp³-hybridized carbons (Fsp3) is 0.182. The Balaban J connectivity index is 1.63. The molecule has 0 aliphatic heterocycles. The summed E-state index contributed by atoms with van der Waals surface area (Å²) in [6.45, 7) is 3.87. The van der Waals surface area contributed by atoms with Crippen LogP contribution in [-0.4, -0.2) is 32.6 Å². The van der Waals surface area contributed by atoms with Crippen LogP contribution < -0.4 is 10.1 Å². The van der Waals surface area contributed by atoms with Crippen molar-refractivity contribution in [1.29, 1.82) is 0 Å². The molecule has 152 valence electrons. The van der Waals surface area contributed by atoms with Crippen LogP contribution in [0.3, 0.4) is 0 Å². The van der Waals surface area contributed by atoms with E-state index < -0.39 is 5.25 Å². The molecule has 4 aromatic rings. The van der Waals surface area contributed by atoms with Crippen LogP contribution in [-0.2, 0) is 4.79 Å². The van der Waals surface area contributed by atoms with E-state index >= 15 is 0 Å². The van der Waals surface area contributed by atoms with E-state index in [9.17, 15) is 4.79 Å². The van der Waals surface area contributed by atoms with Crippen LogP contribution in [0.15, 0.2) is 65.8 Å². The summed E-state index contributed by atoms with van der Waals surface area (Å²) < 4.78 is 6.87. The van der Waals surface area contributed by atoms with Crippen LogP contribution in [0.1, 0.15) is 22.2 Å². The van der Waals surface area contributed by atoms with E-state index in [-0.39, 0.29) is 5.91 Å². The predicted molar refractivity (Wildman–Crippen MR) is 117 cm³/mol. The van der Waals surface area contributed by atoms with Gasteiger partial charge in [-0.3, -0.25) is 4.79 Å². The topological polar surface area (TPSA) is 81.4 Å². The number of aryl methyl sites for hydroxylation is 2. The number of amides is 1. The van der Waals surface area contributed by atoms with Crippen molar-refractivity contribution in [3.63, 3.8) is 0 Å². The molecule has 0 bridgehead atoms. The van der Waals surface area contributed by atoms with Gasteiger partial charge in [-0.05, 0) is 49.7 Å². The van der Waals surface area contributed by atoms with E-state index in [0.717, 1.165) is 22.7 Å². The Morgan fingerprint density at radius 1 is 1.07 bits per heavy atom. The minimum Gasteiger partial charge on any atom is -0.497 e. The molecule has 2 aromatic carbocycles. The third kappa shape index (κ3) is 4.28. The van der Waals surface area contributed by atoms with Crippen molar-refractivity contribution in [3.05, 3.63) is 77.6 Å². The number of hydrogen-bond donors (Lipinski definition) is 1. The highest BCUT2D eigenvalue weighted by Gasteiger charge is 2.24. The molecule has 2 aromatic heterocycles. The first-order chi connectivity index (χ1) is 14.5. The van der Waals surface area contributed by atoms with Gasteiger partial charge >= 0.3 is 0 Å². The average Bonchev–Trinajstić information content (AvgIpc) is 3.16. The van der Waals surface area contributed by atoms with E-state index in [2.05, 4.69) is 20.4 Å². The molecule has 8 heteroatoms. The maximum absolute atomic E-state index is 13.2. The normalized spacial score (nSPS) is 12.0. The van der Waals surface area contributed by atoms with Crippen LogP contribution in [0.4, 0.5) is 5.69 Å². The van der Waals surface area contributed by atoms with Crippen molar-refractivity contribution in [1.82, 2.24) is 19.6 Å². The molecule has 7 nitrogen and oxygen atoms in total. The summed E-state index contributed by atoms with van der Waals surface area (Å²) >= 11 is 1.30. The van der Waals surface area contributed by atoms with Crippen molar-refractivity contribution in [2.75, 3.05) is 12.4 Å². The maximum atomic E-state index is 13.2. The molecule has 1 N–H and O–H groups in total. The first-order valence-electron chi connectivity index (χ1n) is 9.41. The first kappa shape index (κ1) is 19.9. The Kier molecular flexibility index (Phi) is 5.67. The van der Waals surface area contributed by atoms with Gasteiger partial charge in [0.1, 0.15) is 11.0 Å². The molecular formula is C22H21N5O2S. The number of carbonyl (C=O) groups is 1. The van der Waals surface area contributed by atoms with Gasteiger partial charge in [0.05, 0.1) is 7.11 Å². The second-order valence-electron chi connectivity index (χ2n) is 6.77. The predicted octanol–water partition coefficient (Wildman–Crippen LogP) is 4.22. The first-order valence-corrected chi connectivity index (χ1v) is 10.3. The third-order valence-corrected chi connectivity index (χ3v) is 5.63. The average molecular weight is 420 g/mol. The van der Waals surface area contributed by atoms with Gasteiger partial charge in [0.2, 0.25) is 11.1 Å².